The number of carbonyl (C=O) groups excluding carboxylic acids is 1. The minimum atomic E-state index is -0.187. The van der Waals surface area contributed by atoms with E-state index in [9.17, 15) is 9.90 Å². The Labute approximate surface area is 137 Å². The molecular formula is C17H15BrO4. The lowest BCUT2D eigenvalue weighted by Crippen LogP contribution is -2.00. The number of phenols is 1. The molecule has 0 spiro atoms. The molecule has 0 aliphatic heterocycles. The highest BCUT2D eigenvalue weighted by molar-refractivity contribution is 9.10. The smallest absolute Gasteiger partial charge is 0.189 e. The molecule has 0 aliphatic carbocycles. The Balaban J connectivity index is 2.29. The summed E-state index contributed by atoms with van der Waals surface area (Å²) in [4.78, 5) is 12.3. The predicted octanol–water partition coefficient (Wildman–Crippen LogP) is 4.07. The van der Waals surface area contributed by atoms with E-state index in [1.807, 2.05) is 0 Å². The van der Waals surface area contributed by atoms with Crippen LogP contribution in [0.2, 0.25) is 0 Å². The average molecular weight is 363 g/mol. The first kappa shape index (κ1) is 16.1. The van der Waals surface area contributed by atoms with Gasteiger partial charge in [0.2, 0.25) is 0 Å². The summed E-state index contributed by atoms with van der Waals surface area (Å²) in [7, 11) is 3.05. The number of hydrogen-bond acceptors (Lipinski definition) is 4. The molecule has 0 atom stereocenters. The van der Waals surface area contributed by atoms with Crippen LogP contribution < -0.4 is 9.47 Å². The number of ketones is 1. The lowest BCUT2D eigenvalue weighted by molar-refractivity contribution is 0.104. The Morgan fingerprint density at radius 3 is 2.32 bits per heavy atom. The number of phenolic OH excluding ortho intramolecular Hbond substituents is 1. The Morgan fingerprint density at radius 1 is 1.09 bits per heavy atom. The number of hydrogen-bond donors (Lipinski definition) is 1. The third kappa shape index (κ3) is 3.68. The highest BCUT2D eigenvalue weighted by Gasteiger charge is 2.14. The number of allylic oxidation sites excluding steroid dienone is 1. The zero-order valence-corrected chi connectivity index (χ0v) is 13.8. The van der Waals surface area contributed by atoms with Gasteiger partial charge < -0.3 is 14.6 Å². The number of carbonyl (C=O) groups is 1. The second-order valence-corrected chi connectivity index (χ2v) is 5.33. The van der Waals surface area contributed by atoms with Crippen molar-refractivity contribution in [1.29, 1.82) is 0 Å². The van der Waals surface area contributed by atoms with Crippen LogP contribution in [0.25, 0.3) is 6.08 Å². The number of methoxy groups -OCH3 is 2. The van der Waals surface area contributed by atoms with Crippen molar-refractivity contribution in [3.63, 3.8) is 0 Å². The minimum Gasteiger partial charge on any atom is -0.508 e. The summed E-state index contributed by atoms with van der Waals surface area (Å²) in [6.07, 6.45) is 3.14. The molecule has 2 aromatic rings. The maximum absolute atomic E-state index is 12.3. The molecule has 4 nitrogen and oxygen atoms in total. The number of benzene rings is 2. The van der Waals surface area contributed by atoms with Crippen LogP contribution in [0.4, 0.5) is 0 Å². The van der Waals surface area contributed by atoms with E-state index in [0.717, 1.165) is 5.56 Å². The lowest BCUT2D eigenvalue weighted by Gasteiger charge is -2.10. The van der Waals surface area contributed by atoms with Crippen LogP contribution in [0.3, 0.4) is 0 Å². The van der Waals surface area contributed by atoms with Crippen LogP contribution in [-0.2, 0) is 0 Å². The molecule has 0 saturated carbocycles. The van der Waals surface area contributed by atoms with Crippen molar-refractivity contribution in [1.82, 2.24) is 0 Å². The largest absolute Gasteiger partial charge is 0.508 e. The molecule has 0 bridgehead atoms. The molecule has 2 rings (SSSR count). The fourth-order valence-corrected chi connectivity index (χ4v) is 2.40. The van der Waals surface area contributed by atoms with Crippen LogP contribution in [0.15, 0.2) is 46.9 Å². The summed E-state index contributed by atoms with van der Waals surface area (Å²) in [6, 6.07) is 9.90. The van der Waals surface area contributed by atoms with E-state index in [1.165, 1.54) is 13.2 Å². The first-order valence-electron chi connectivity index (χ1n) is 6.48. The molecule has 0 aromatic heterocycles. The van der Waals surface area contributed by atoms with Crippen LogP contribution in [0.1, 0.15) is 15.9 Å². The van der Waals surface area contributed by atoms with Crippen LogP contribution in [0, 0.1) is 0 Å². The molecule has 114 valence electrons. The molecule has 0 heterocycles. The van der Waals surface area contributed by atoms with Crippen molar-refractivity contribution >= 4 is 27.8 Å². The number of rotatable bonds is 5. The van der Waals surface area contributed by atoms with Crippen LogP contribution in [-0.4, -0.2) is 25.1 Å². The molecule has 22 heavy (non-hydrogen) atoms. The topological polar surface area (TPSA) is 55.8 Å². The first-order chi connectivity index (χ1) is 10.5. The molecule has 0 fully saturated rings. The summed E-state index contributed by atoms with van der Waals surface area (Å²) in [5, 5.41) is 9.24. The van der Waals surface area contributed by atoms with Gasteiger partial charge in [-0.05, 0) is 45.8 Å². The fraction of sp³-hybridized carbons (Fsp3) is 0.118. The first-order valence-corrected chi connectivity index (χ1v) is 7.27. The van der Waals surface area contributed by atoms with Gasteiger partial charge >= 0.3 is 0 Å². The molecule has 0 amide bonds. The Kier molecular flexibility index (Phi) is 5.22. The SMILES string of the molecule is COc1cc(OC)c(C(=O)/C=C/c2ccc(O)cc2)cc1Br. The zero-order chi connectivity index (χ0) is 16.1. The van der Waals surface area contributed by atoms with Gasteiger partial charge in [-0.15, -0.1) is 0 Å². The fourth-order valence-electron chi connectivity index (χ4n) is 1.90. The van der Waals surface area contributed by atoms with E-state index < -0.39 is 0 Å². The van der Waals surface area contributed by atoms with E-state index in [1.54, 1.807) is 49.6 Å². The van der Waals surface area contributed by atoms with Gasteiger partial charge in [0.25, 0.3) is 0 Å². The van der Waals surface area contributed by atoms with Gasteiger partial charge in [-0.25, -0.2) is 0 Å². The highest BCUT2D eigenvalue weighted by atomic mass is 79.9. The summed E-state index contributed by atoms with van der Waals surface area (Å²) < 4.78 is 11.1. The number of aromatic hydroxyl groups is 1. The molecule has 5 heteroatoms. The molecule has 1 N–H and O–H groups in total. The maximum Gasteiger partial charge on any atom is 0.189 e. The van der Waals surface area contributed by atoms with E-state index in [4.69, 9.17) is 9.47 Å². The Bertz CT molecular complexity index is 705. The maximum atomic E-state index is 12.3. The molecular weight excluding hydrogens is 348 g/mol. The van der Waals surface area contributed by atoms with Crippen molar-refractivity contribution in [2.45, 2.75) is 0 Å². The van der Waals surface area contributed by atoms with Gasteiger partial charge in [0.05, 0.1) is 24.3 Å². The Morgan fingerprint density at radius 2 is 1.73 bits per heavy atom. The quantitative estimate of drug-likeness (QED) is 0.643. The number of halogens is 1. The lowest BCUT2D eigenvalue weighted by atomic mass is 10.1. The zero-order valence-electron chi connectivity index (χ0n) is 12.2. The van der Waals surface area contributed by atoms with Gasteiger partial charge in [0.1, 0.15) is 17.2 Å². The van der Waals surface area contributed by atoms with E-state index in [0.29, 0.717) is 21.5 Å². The van der Waals surface area contributed by atoms with Gasteiger partial charge in [-0.3, -0.25) is 4.79 Å². The van der Waals surface area contributed by atoms with Gasteiger partial charge in [-0.1, -0.05) is 18.2 Å². The van der Waals surface area contributed by atoms with E-state index in [2.05, 4.69) is 15.9 Å². The van der Waals surface area contributed by atoms with Crippen molar-refractivity contribution in [3.8, 4) is 17.2 Å². The van der Waals surface area contributed by atoms with Gasteiger partial charge in [0.15, 0.2) is 5.78 Å². The molecule has 0 aliphatic rings. The third-order valence-corrected chi connectivity index (χ3v) is 3.68. The van der Waals surface area contributed by atoms with Gasteiger partial charge in [0, 0.05) is 6.07 Å². The second-order valence-electron chi connectivity index (χ2n) is 4.48. The van der Waals surface area contributed by atoms with Crippen molar-refractivity contribution in [2.24, 2.45) is 0 Å². The van der Waals surface area contributed by atoms with Crippen molar-refractivity contribution in [2.75, 3.05) is 14.2 Å². The van der Waals surface area contributed by atoms with E-state index in [-0.39, 0.29) is 11.5 Å². The monoisotopic (exact) mass is 362 g/mol. The third-order valence-electron chi connectivity index (χ3n) is 3.06. The predicted molar refractivity (Wildman–Crippen MR) is 88.7 cm³/mol. The minimum absolute atomic E-state index is 0.184. The summed E-state index contributed by atoms with van der Waals surface area (Å²) in [5.74, 6) is 1.04. The van der Waals surface area contributed by atoms with Gasteiger partial charge in [-0.2, -0.15) is 0 Å². The summed E-state index contributed by atoms with van der Waals surface area (Å²) in [5.41, 5.74) is 1.25. The summed E-state index contributed by atoms with van der Waals surface area (Å²) >= 11 is 3.36. The van der Waals surface area contributed by atoms with Crippen molar-refractivity contribution < 1.29 is 19.4 Å². The number of ether oxygens (including phenoxy) is 2. The Hall–Kier alpha value is -2.27. The second kappa shape index (κ2) is 7.13. The molecule has 0 unspecified atom stereocenters. The molecule has 2 aromatic carbocycles. The molecule has 0 saturated heterocycles. The molecule has 0 radical (unpaired) electrons. The van der Waals surface area contributed by atoms with Crippen LogP contribution >= 0.6 is 15.9 Å². The van der Waals surface area contributed by atoms with E-state index >= 15 is 0 Å². The normalized spacial score (nSPS) is 10.7. The van der Waals surface area contributed by atoms with Crippen LogP contribution in [0.5, 0.6) is 17.2 Å². The standard InChI is InChI=1S/C17H15BrO4/c1-21-16-10-17(22-2)14(18)9-13(16)15(20)8-5-11-3-6-12(19)7-4-11/h3-10,19H,1-2H3/b8-5+. The average Bonchev–Trinajstić information content (AvgIpc) is 2.53. The highest BCUT2D eigenvalue weighted by Crippen LogP contribution is 2.33. The summed E-state index contributed by atoms with van der Waals surface area (Å²) in [6.45, 7) is 0. The van der Waals surface area contributed by atoms with Crippen molar-refractivity contribution in [3.05, 3.63) is 58.1 Å².